The van der Waals surface area contributed by atoms with Gasteiger partial charge in [0.15, 0.2) is 0 Å². The van der Waals surface area contributed by atoms with E-state index in [1.165, 1.54) is 27.4 Å². The Bertz CT molecular complexity index is 935. The molecule has 2 aromatic rings. The highest BCUT2D eigenvalue weighted by Gasteiger charge is 2.28. The molecule has 32 heavy (non-hydrogen) atoms. The van der Waals surface area contributed by atoms with Gasteiger partial charge in [-0.25, -0.2) is 4.79 Å². The SMILES string of the molecule is CCC(NC(=O)c1c(OC)cccc1Oc1nc(OC)cc(OC)n1)C(=O)OC(C)(C)C. The van der Waals surface area contributed by atoms with E-state index in [4.69, 9.17) is 23.7 Å². The van der Waals surface area contributed by atoms with Crippen molar-refractivity contribution in [3.63, 3.8) is 0 Å². The minimum absolute atomic E-state index is 0.0717. The first-order chi connectivity index (χ1) is 15.1. The van der Waals surface area contributed by atoms with Crippen LogP contribution in [0.15, 0.2) is 24.3 Å². The summed E-state index contributed by atoms with van der Waals surface area (Å²) in [5, 5.41) is 2.69. The van der Waals surface area contributed by atoms with E-state index in [0.717, 1.165) is 0 Å². The van der Waals surface area contributed by atoms with Gasteiger partial charge in [0.2, 0.25) is 11.8 Å². The van der Waals surface area contributed by atoms with Crippen LogP contribution in [0.1, 0.15) is 44.5 Å². The Kier molecular flexibility index (Phi) is 8.22. The van der Waals surface area contributed by atoms with Gasteiger partial charge in [-0.2, -0.15) is 9.97 Å². The third kappa shape index (κ3) is 6.47. The van der Waals surface area contributed by atoms with Crippen LogP contribution in [0, 0.1) is 0 Å². The van der Waals surface area contributed by atoms with Crippen molar-refractivity contribution in [2.75, 3.05) is 21.3 Å². The van der Waals surface area contributed by atoms with Crippen LogP contribution in [0.3, 0.4) is 0 Å². The summed E-state index contributed by atoms with van der Waals surface area (Å²) < 4.78 is 26.8. The van der Waals surface area contributed by atoms with Crippen molar-refractivity contribution in [1.82, 2.24) is 15.3 Å². The Balaban J connectivity index is 2.37. The highest BCUT2D eigenvalue weighted by Crippen LogP contribution is 2.32. The lowest BCUT2D eigenvalue weighted by Gasteiger charge is -2.24. The van der Waals surface area contributed by atoms with Gasteiger partial charge in [-0.15, -0.1) is 0 Å². The fourth-order valence-corrected chi connectivity index (χ4v) is 2.66. The second-order valence-corrected chi connectivity index (χ2v) is 7.64. The average molecular weight is 447 g/mol. The van der Waals surface area contributed by atoms with E-state index in [2.05, 4.69) is 15.3 Å². The van der Waals surface area contributed by atoms with Gasteiger partial charge in [-0.05, 0) is 39.3 Å². The lowest BCUT2D eigenvalue weighted by atomic mass is 10.1. The number of rotatable bonds is 9. The summed E-state index contributed by atoms with van der Waals surface area (Å²) in [6.45, 7) is 7.04. The molecule has 0 aliphatic rings. The van der Waals surface area contributed by atoms with Gasteiger partial charge in [0.1, 0.15) is 28.7 Å². The molecule has 0 radical (unpaired) electrons. The summed E-state index contributed by atoms with van der Waals surface area (Å²) in [6.07, 6.45) is 0.336. The van der Waals surface area contributed by atoms with E-state index < -0.39 is 23.5 Å². The molecule has 1 unspecified atom stereocenters. The van der Waals surface area contributed by atoms with E-state index in [0.29, 0.717) is 6.42 Å². The Morgan fingerprint density at radius 3 is 2.09 bits per heavy atom. The van der Waals surface area contributed by atoms with E-state index in [-0.39, 0.29) is 34.8 Å². The van der Waals surface area contributed by atoms with E-state index in [1.54, 1.807) is 45.9 Å². The number of benzene rings is 1. The molecule has 0 bridgehead atoms. The largest absolute Gasteiger partial charge is 0.496 e. The Hall–Kier alpha value is -3.56. The molecule has 1 aromatic carbocycles. The monoisotopic (exact) mass is 447 g/mol. The highest BCUT2D eigenvalue weighted by atomic mass is 16.6. The lowest BCUT2D eigenvalue weighted by molar-refractivity contribution is -0.157. The molecule has 0 fully saturated rings. The van der Waals surface area contributed by atoms with Crippen molar-refractivity contribution in [3.05, 3.63) is 29.8 Å². The predicted octanol–water partition coefficient (Wildman–Crippen LogP) is 3.14. The van der Waals surface area contributed by atoms with E-state index >= 15 is 0 Å². The zero-order valence-electron chi connectivity index (χ0n) is 19.3. The summed E-state index contributed by atoms with van der Waals surface area (Å²) in [5.74, 6) is -0.310. The molecule has 0 saturated heterocycles. The van der Waals surface area contributed by atoms with Crippen molar-refractivity contribution < 1.29 is 33.3 Å². The first-order valence-electron chi connectivity index (χ1n) is 9.97. The van der Waals surface area contributed by atoms with Gasteiger partial charge in [0.25, 0.3) is 5.91 Å². The fourth-order valence-electron chi connectivity index (χ4n) is 2.66. The molecule has 1 aromatic heterocycles. The van der Waals surface area contributed by atoms with Gasteiger partial charge in [-0.3, -0.25) is 4.79 Å². The van der Waals surface area contributed by atoms with Gasteiger partial charge in [0, 0.05) is 0 Å². The molecule has 1 heterocycles. The van der Waals surface area contributed by atoms with E-state index in [9.17, 15) is 9.59 Å². The van der Waals surface area contributed by atoms with Crippen molar-refractivity contribution in [3.8, 4) is 29.3 Å². The summed E-state index contributed by atoms with van der Waals surface area (Å²) in [4.78, 5) is 33.9. The van der Waals surface area contributed by atoms with Crippen molar-refractivity contribution in [1.29, 1.82) is 0 Å². The van der Waals surface area contributed by atoms with Crippen molar-refractivity contribution in [2.45, 2.75) is 45.8 Å². The maximum atomic E-state index is 13.2. The summed E-state index contributed by atoms with van der Waals surface area (Å²) in [6, 6.07) is 5.34. The predicted molar refractivity (Wildman–Crippen MR) is 116 cm³/mol. The fraction of sp³-hybridized carbons (Fsp3) is 0.455. The standard InChI is InChI=1S/C22H29N3O7/c1-8-13(20(27)32-22(2,3)4)23-19(26)18-14(28-5)10-9-11-15(18)31-21-24-16(29-6)12-17(25-21)30-7/h9-13H,8H2,1-7H3,(H,23,26). The van der Waals surface area contributed by atoms with Gasteiger partial charge in [0.05, 0.1) is 27.4 Å². The van der Waals surface area contributed by atoms with Crippen LogP contribution in [0.5, 0.6) is 29.3 Å². The molecular formula is C22H29N3O7. The quantitative estimate of drug-likeness (QED) is 0.578. The molecule has 0 spiro atoms. The molecule has 0 aliphatic carbocycles. The van der Waals surface area contributed by atoms with Gasteiger partial charge >= 0.3 is 12.0 Å². The molecule has 1 N–H and O–H groups in total. The second kappa shape index (κ2) is 10.7. The minimum Gasteiger partial charge on any atom is -0.496 e. The van der Waals surface area contributed by atoms with Crippen LogP contribution in [0.25, 0.3) is 0 Å². The molecular weight excluding hydrogens is 418 g/mol. The van der Waals surface area contributed by atoms with Crippen LogP contribution < -0.4 is 24.3 Å². The number of aromatic nitrogens is 2. The second-order valence-electron chi connectivity index (χ2n) is 7.64. The minimum atomic E-state index is -0.854. The summed E-state index contributed by atoms with van der Waals surface area (Å²) in [7, 11) is 4.31. The number of hydrogen-bond acceptors (Lipinski definition) is 9. The van der Waals surface area contributed by atoms with Crippen molar-refractivity contribution in [2.24, 2.45) is 0 Å². The molecule has 10 nitrogen and oxygen atoms in total. The molecule has 0 aliphatic heterocycles. The van der Waals surface area contributed by atoms with Crippen LogP contribution >= 0.6 is 0 Å². The topological polar surface area (TPSA) is 118 Å². The molecule has 10 heteroatoms. The summed E-state index contributed by atoms with van der Waals surface area (Å²) >= 11 is 0. The first kappa shape index (κ1) is 24.7. The zero-order valence-corrected chi connectivity index (χ0v) is 19.3. The smallest absolute Gasteiger partial charge is 0.329 e. The highest BCUT2D eigenvalue weighted by molar-refractivity contribution is 6.01. The molecule has 174 valence electrons. The normalized spacial score (nSPS) is 11.8. The maximum Gasteiger partial charge on any atom is 0.329 e. The number of hydrogen-bond donors (Lipinski definition) is 1. The number of ether oxygens (including phenoxy) is 5. The lowest BCUT2D eigenvalue weighted by Crippen LogP contribution is -2.44. The van der Waals surface area contributed by atoms with Crippen LogP contribution in [0.2, 0.25) is 0 Å². The van der Waals surface area contributed by atoms with Crippen LogP contribution in [-0.2, 0) is 9.53 Å². The summed E-state index contributed by atoms with van der Waals surface area (Å²) in [5.41, 5.74) is -0.612. The number of methoxy groups -OCH3 is 3. The van der Waals surface area contributed by atoms with Crippen molar-refractivity contribution >= 4 is 11.9 Å². The van der Waals surface area contributed by atoms with Crippen LogP contribution in [-0.4, -0.2) is 54.8 Å². The molecule has 1 atom stereocenters. The number of carbonyl (C=O) groups excluding carboxylic acids is 2. The Labute approximate surface area is 187 Å². The third-order valence-electron chi connectivity index (χ3n) is 4.12. The van der Waals surface area contributed by atoms with E-state index in [1.807, 2.05) is 0 Å². The zero-order chi connectivity index (χ0) is 23.9. The third-order valence-corrected chi connectivity index (χ3v) is 4.12. The average Bonchev–Trinajstić information content (AvgIpc) is 2.75. The van der Waals surface area contributed by atoms with Crippen LogP contribution in [0.4, 0.5) is 0 Å². The number of carbonyl (C=O) groups is 2. The van der Waals surface area contributed by atoms with Gasteiger partial charge in [-0.1, -0.05) is 13.0 Å². The maximum absolute atomic E-state index is 13.2. The number of nitrogens with zero attached hydrogens (tertiary/aromatic N) is 2. The Morgan fingerprint density at radius 1 is 1.00 bits per heavy atom. The number of amides is 1. The molecule has 0 saturated carbocycles. The number of esters is 1. The number of nitrogens with one attached hydrogen (secondary N) is 1. The van der Waals surface area contributed by atoms with Gasteiger partial charge < -0.3 is 29.0 Å². The Morgan fingerprint density at radius 2 is 1.59 bits per heavy atom. The molecule has 1 amide bonds. The first-order valence-corrected chi connectivity index (χ1v) is 9.97. The molecule has 2 rings (SSSR count).